The Balaban J connectivity index is 1.66. The molecule has 2 aromatic carbocycles. The molecule has 2 saturated heterocycles. The smallest absolute Gasteiger partial charge is 0.423 e. The summed E-state index contributed by atoms with van der Waals surface area (Å²) in [6, 6.07) is 19.0. The molecule has 2 aliphatic heterocycles. The van der Waals surface area contributed by atoms with E-state index in [1.54, 1.807) is 24.3 Å². The predicted molar refractivity (Wildman–Crippen MR) is 97.6 cm³/mol. The summed E-state index contributed by atoms with van der Waals surface area (Å²) < 4.78 is 6.07. The molecule has 0 amide bonds. The van der Waals surface area contributed by atoms with Crippen molar-refractivity contribution in [3.63, 3.8) is 0 Å². The average molecular weight is 347 g/mol. The van der Waals surface area contributed by atoms with Gasteiger partial charge >= 0.3 is 11.7 Å². The van der Waals surface area contributed by atoms with Crippen LogP contribution in [0.15, 0.2) is 60.7 Å². The normalized spacial score (nSPS) is 24.7. The van der Waals surface area contributed by atoms with Gasteiger partial charge in [-0.25, -0.2) is 4.79 Å². The molecule has 0 aliphatic carbocycles. The predicted octanol–water partition coefficient (Wildman–Crippen LogP) is 3.01. The fraction of sp³-hybridized carbons (Fsp3) is 0.333. The highest BCUT2D eigenvalue weighted by Gasteiger charge is 2.58. The minimum atomic E-state index is -0.677. The van der Waals surface area contributed by atoms with Crippen LogP contribution in [0.5, 0.6) is 0 Å². The van der Waals surface area contributed by atoms with Crippen LogP contribution in [-0.2, 0) is 15.1 Å². The zero-order chi connectivity index (χ0) is 18.0. The molecule has 4 rings (SSSR count). The summed E-state index contributed by atoms with van der Waals surface area (Å²) in [6.07, 6.45) is 3.31. The van der Waals surface area contributed by atoms with E-state index in [0.29, 0.717) is 12.1 Å². The first-order chi connectivity index (χ1) is 12.7. The first-order valence-corrected chi connectivity index (χ1v) is 9.05. The summed E-state index contributed by atoms with van der Waals surface area (Å²) >= 11 is 0. The number of hydrogen-bond donors (Lipinski definition) is 0. The van der Waals surface area contributed by atoms with E-state index in [9.17, 15) is 10.3 Å². The molecule has 2 aliphatic rings. The molecule has 0 spiro atoms. The van der Waals surface area contributed by atoms with Crippen LogP contribution in [-0.4, -0.2) is 40.5 Å². The molecule has 0 radical (unpaired) electrons. The van der Waals surface area contributed by atoms with Crippen LogP contribution in [0.3, 0.4) is 0 Å². The first-order valence-electron chi connectivity index (χ1n) is 9.05. The van der Waals surface area contributed by atoms with Gasteiger partial charge in [0.15, 0.2) is 5.60 Å². The summed E-state index contributed by atoms with van der Waals surface area (Å²) in [5, 5.41) is 0. The van der Waals surface area contributed by atoms with Gasteiger partial charge in [0.1, 0.15) is 0 Å². The third kappa shape index (κ3) is 2.75. The van der Waals surface area contributed by atoms with Crippen molar-refractivity contribution in [1.29, 1.82) is 0 Å². The second-order valence-electron chi connectivity index (χ2n) is 6.94. The summed E-state index contributed by atoms with van der Waals surface area (Å²) in [7, 11) is 0. The van der Waals surface area contributed by atoms with E-state index in [-0.39, 0.29) is 11.8 Å². The van der Waals surface area contributed by atoms with Gasteiger partial charge in [0.05, 0.1) is 11.6 Å². The molecular weight excluding hydrogens is 326 g/mol. The van der Waals surface area contributed by atoms with Crippen molar-refractivity contribution in [2.24, 2.45) is 0 Å². The molecule has 0 unspecified atom stereocenters. The highest BCUT2D eigenvalue weighted by atomic mass is 16.6. The fourth-order valence-electron chi connectivity index (χ4n) is 4.19. The number of esters is 1. The lowest BCUT2D eigenvalue weighted by atomic mass is 9.73. The van der Waals surface area contributed by atoms with Gasteiger partial charge in [0, 0.05) is 6.54 Å². The molecule has 2 atom stereocenters. The zero-order valence-electron chi connectivity index (χ0n) is 14.5. The molecule has 2 heterocycles. The van der Waals surface area contributed by atoms with Crippen molar-refractivity contribution >= 4 is 11.7 Å². The lowest BCUT2D eigenvalue weighted by molar-refractivity contribution is -0.207. The SMILES string of the molecule is [N-]=[N+]=C(C(=O)O[C@]1(c2ccccc2)CN2CCCC[C@@H]21)c1ccccc1. The number of carbonyl (C=O) groups excluding carboxylic acids is 1. The largest absolute Gasteiger partial charge is 0.442 e. The van der Waals surface area contributed by atoms with E-state index >= 15 is 0 Å². The summed E-state index contributed by atoms with van der Waals surface area (Å²) in [6.45, 7) is 1.72. The zero-order valence-corrected chi connectivity index (χ0v) is 14.5. The number of ether oxygens (including phenoxy) is 1. The molecule has 0 N–H and O–H groups in total. The van der Waals surface area contributed by atoms with Crippen LogP contribution < -0.4 is 0 Å². The van der Waals surface area contributed by atoms with Gasteiger partial charge in [0.2, 0.25) is 0 Å². The highest BCUT2D eigenvalue weighted by molar-refractivity contribution is 6.40. The summed E-state index contributed by atoms with van der Waals surface area (Å²) in [4.78, 5) is 18.5. The van der Waals surface area contributed by atoms with Crippen molar-refractivity contribution < 1.29 is 14.3 Å². The Bertz CT molecular complexity index is 846. The van der Waals surface area contributed by atoms with E-state index in [1.165, 1.54) is 6.42 Å². The van der Waals surface area contributed by atoms with Crippen LogP contribution in [0.2, 0.25) is 0 Å². The minimum Gasteiger partial charge on any atom is -0.442 e. The van der Waals surface area contributed by atoms with Crippen molar-refractivity contribution in [3.05, 3.63) is 77.3 Å². The fourth-order valence-corrected chi connectivity index (χ4v) is 4.19. The number of benzene rings is 2. The molecule has 26 heavy (non-hydrogen) atoms. The highest BCUT2D eigenvalue weighted by Crippen LogP contribution is 2.46. The molecule has 2 aromatic rings. The van der Waals surface area contributed by atoms with Crippen LogP contribution in [0, 0.1) is 0 Å². The molecule has 5 nitrogen and oxygen atoms in total. The lowest BCUT2D eigenvalue weighted by Crippen LogP contribution is -2.70. The van der Waals surface area contributed by atoms with Gasteiger partial charge in [-0.1, -0.05) is 55.0 Å². The van der Waals surface area contributed by atoms with Crippen LogP contribution in [0.4, 0.5) is 0 Å². The van der Waals surface area contributed by atoms with E-state index in [1.807, 2.05) is 36.4 Å². The maximum Gasteiger partial charge on any atom is 0.423 e. The Kier molecular flexibility index (Phi) is 4.41. The molecule has 0 saturated carbocycles. The molecular formula is C21H21N3O2. The molecule has 2 fully saturated rings. The maximum atomic E-state index is 12.9. The van der Waals surface area contributed by atoms with Crippen LogP contribution >= 0.6 is 0 Å². The quantitative estimate of drug-likeness (QED) is 0.370. The Morgan fingerprint density at radius 3 is 2.42 bits per heavy atom. The molecule has 0 bridgehead atoms. The number of carbonyl (C=O) groups is 1. The second kappa shape index (κ2) is 6.87. The van der Waals surface area contributed by atoms with E-state index < -0.39 is 11.6 Å². The van der Waals surface area contributed by atoms with Crippen molar-refractivity contribution in [2.45, 2.75) is 30.9 Å². The first kappa shape index (κ1) is 16.7. The van der Waals surface area contributed by atoms with Gasteiger partial charge in [-0.2, -0.15) is 4.79 Å². The minimum absolute atomic E-state index is 0.0600. The maximum absolute atomic E-state index is 12.9. The third-order valence-corrected chi connectivity index (χ3v) is 5.47. The van der Waals surface area contributed by atoms with Gasteiger partial charge in [0.25, 0.3) is 0 Å². The number of piperidine rings is 1. The molecule has 0 aromatic heterocycles. The summed E-state index contributed by atoms with van der Waals surface area (Å²) in [5.74, 6) is -0.590. The van der Waals surface area contributed by atoms with Gasteiger partial charge < -0.3 is 10.3 Å². The monoisotopic (exact) mass is 347 g/mol. The standard InChI is InChI=1S/C21H21N3O2/c22-23-19(16-9-3-1-4-10-16)20(25)26-21(17-11-5-2-6-12-17)15-24-14-8-7-13-18(21)24/h1-6,9-12,18H,7-8,13-15H2/t18-,21+/m1/s1. The Morgan fingerprint density at radius 1 is 1.08 bits per heavy atom. The van der Waals surface area contributed by atoms with Crippen LogP contribution in [0.25, 0.3) is 5.53 Å². The van der Waals surface area contributed by atoms with Gasteiger partial charge in [-0.05, 0) is 37.1 Å². The van der Waals surface area contributed by atoms with Crippen LogP contribution in [0.1, 0.15) is 30.4 Å². The van der Waals surface area contributed by atoms with Crippen molar-refractivity contribution in [2.75, 3.05) is 13.1 Å². The van der Waals surface area contributed by atoms with E-state index in [4.69, 9.17) is 4.74 Å². The Hall–Kier alpha value is -2.75. The Labute approximate surface area is 152 Å². The Morgan fingerprint density at radius 2 is 1.77 bits per heavy atom. The number of fused-ring (bicyclic) bond motifs is 1. The number of hydrogen-bond acceptors (Lipinski definition) is 3. The van der Waals surface area contributed by atoms with E-state index in [2.05, 4.69) is 9.69 Å². The number of rotatable bonds is 4. The summed E-state index contributed by atoms with van der Waals surface area (Å²) in [5.41, 5.74) is 10.2. The molecule has 132 valence electrons. The van der Waals surface area contributed by atoms with E-state index in [0.717, 1.165) is 24.9 Å². The van der Waals surface area contributed by atoms with Gasteiger partial charge in [-0.15, -0.1) is 0 Å². The van der Waals surface area contributed by atoms with Crippen molar-refractivity contribution in [3.8, 4) is 0 Å². The van der Waals surface area contributed by atoms with Gasteiger partial charge in [-0.3, -0.25) is 4.90 Å². The number of nitrogens with zero attached hydrogens (tertiary/aromatic N) is 3. The average Bonchev–Trinajstić information content (AvgIpc) is 2.68. The second-order valence-corrected chi connectivity index (χ2v) is 6.94. The topological polar surface area (TPSA) is 65.9 Å². The molecule has 5 heteroatoms. The lowest BCUT2D eigenvalue weighted by Gasteiger charge is -2.58. The van der Waals surface area contributed by atoms with Crippen molar-refractivity contribution in [1.82, 2.24) is 4.90 Å². The third-order valence-electron chi connectivity index (χ3n) is 5.47.